The highest BCUT2D eigenvalue weighted by molar-refractivity contribution is 6.22. The summed E-state index contributed by atoms with van der Waals surface area (Å²) < 4.78 is 5.53. The number of furan rings is 1. The molecular formula is C20H21N3O4. The van der Waals surface area contributed by atoms with Crippen molar-refractivity contribution in [3.63, 3.8) is 0 Å². The van der Waals surface area contributed by atoms with Gasteiger partial charge in [-0.2, -0.15) is 0 Å². The summed E-state index contributed by atoms with van der Waals surface area (Å²) in [5.74, 6) is 0.994. The zero-order valence-corrected chi connectivity index (χ0v) is 15.3. The lowest BCUT2D eigenvalue weighted by molar-refractivity contribution is 0.0642. The quantitative estimate of drug-likeness (QED) is 0.821. The van der Waals surface area contributed by atoms with Gasteiger partial charge in [0.15, 0.2) is 0 Å². The molecule has 1 saturated carbocycles. The van der Waals surface area contributed by atoms with Gasteiger partial charge < -0.3 is 14.6 Å². The van der Waals surface area contributed by atoms with E-state index < -0.39 is 0 Å². The molecule has 1 aromatic carbocycles. The minimum atomic E-state index is -0.290. The fourth-order valence-corrected chi connectivity index (χ4v) is 3.29. The summed E-state index contributed by atoms with van der Waals surface area (Å²) in [5, 5.41) is 2.81. The van der Waals surface area contributed by atoms with Crippen LogP contribution < -0.4 is 5.32 Å². The molecule has 1 N–H and O–H groups in total. The van der Waals surface area contributed by atoms with E-state index >= 15 is 0 Å². The molecule has 0 bridgehead atoms. The van der Waals surface area contributed by atoms with Gasteiger partial charge in [0.1, 0.15) is 11.5 Å². The normalized spacial score (nSPS) is 15.9. The Morgan fingerprint density at radius 1 is 1.19 bits per heavy atom. The fourth-order valence-electron chi connectivity index (χ4n) is 3.29. The zero-order valence-electron chi connectivity index (χ0n) is 15.3. The first-order valence-corrected chi connectivity index (χ1v) is 9.11. The van der Waals surface area contributed by atoms with Gasteiger partial charge in [-0.3, -0.25) is 14.5 Å². The van der Waals surface area contributed by atoms with Crippen LogP contribution in [0.3, 0.4) is 0 Å². The molecule has 4 amide bonds. The van der Waals surface area contributed by atoms with Crippen LogP contribution in [0.5, 0.6) is 0 Å². The number of carbonyl (C=O) groups excluding carboxylic acids is 3. The van der Waals surface area contributed by atoms with Crippen molar-refractivity contribution >= 4 is 23.5 Å². The van der Waals surface area contributed by atoms with Crippen LogP contribution in [0, 0.1) is 6.92 Å². The fraction of sp³-hybridized carbons (Fsp3) is 0.350. The third-order valence-electron chi connectivity index (χ3n) is 4.89. The number of nitrogens with zero attached hydrogens (tertiary/aromatic N) is 2. The van der Waals surface area contributed by atoms with Crippen molar-refractivity contribution in [1.82, 2.24) is 9.80 Å². The van der Waals surface area contributed by atoms with Crippen molar-refractivity contribution < 1.29 is 18.8 Å². The van der Waals surface area contributed by atoms with E-state index in [9.17, 15) is 14.4 Å². The van der Waals surface area contributed by atoms with E-state index in [-0.39, 0.29) is 23.9 Å². The molecule has 2 aliphatic rings. The Hall–Kier alpha value is -3.09. The molecule has 0 radical (unpaired) electrons. The van der Waals surface area contributed by atoms with E-state index in [0.29, 0.717) is 35.7 Å². The highest BCUT2D eigenvalue weighted by Gasteiger charge is 2.44. The van der Waals surface area contributed by atoms with E-state index in [1.165, 1.54) is 4.90 Å². The molecule has 1 aliphatic heterocycles. The van der Waals surface area contributed by atoms with Crippen molar-refractivity contribution in [2.24, 2.45) is 0 Å². The molecule has 2 aromatic rings. The van der Waals surface area contributed by atoms with Crippen molar-refractivity contribution in [2.75, 3.05) is 11.9 Å². The summed E-state index contributed by atoms with van der Waals surface area (Å²) in [6, 6.07) is 8.29. The number of fused-ring (bicyclic) bond motifs is 1. The van der Waals surface area contributed by atoms with Crippen LogP contribution in [0.4, 0.5) is 10.5 Å². The minimum absolute atomic E-state index is 0.0303. The first-order chi connectivity index (χ1) is 13.0. The minimum Gasteiger partial charge on any atom is -0.464 e. The van der Waals surface area contributed by atoms with Crippen LogP contribution >= 0.6 is 0 Å². The average molecular weight is 367 g/mol. The molecule has 0 saturated heterocycles. The zero-order chi connectivity index (χ0) is 19.1. The molecule has 27 heavy (non-hydrogen) atoms. The Bertz CT molecular complexity index is 929. The number of nitrogens with one attached hydrogen (secondary N) is 1. The van der Waals surface area contributed by atoms with Gasteiger partial charge in [0.25, 0.3) is 11.8 Å². The van der Waals surface area contributed by atoms with Gasteiger partial charge in [-0.05, 0) is 57.0 Å². The van der Waals surface area contributed by atoms with Gasteiger partial charge in [0.05, 0.1) is 17.7 Å². The standard InChI is InChI=1S/C20H21N3O4/c1-3-22(11-15-8-4-12(2)27-15)20(26)21-13-5-9-16-17(10-13)19(25)23(18(16)24)14-6-7-14/h4-5,8-10,14H,3,6-7,11H2,1-2H3,(H,21,26). The summed E-state index contributed by atoms with van der Waals surface area (Å²) in [5.41, 5.74) is 1.25. The van der Waals surface area contributed by atoms with Gasteiger partial charge in [-0.1, -0.05) is 0 Å². The van der Waals surface area contributed by atoms with Gasteiger partial charge >= 0.3 is 6.03 Å². The maximum Gasteiger partial charge on any atom is 0.322 e. The maximum absolute atomic E-state index is 12.6. The first kappa shape index (κ1) is 17.3. The first-order valence-electron chi connectivity index (χ1n) is 9.11. The molecule has 4 rings (SSSR count). The summed E-state index contributed by atoms with van der Waals surface area (Å²) >= 11 is 0. The lowest BCUT2D eigenvalue weighted by Gasteiger charge is -2.20. The molecule has 2 heterocycles. The average Bonchev–Trinajstić information content (AvgIpc) is 3.34. The van der Waals surface area contributed by atoms with E-state index in [0.717, 1.165) is 18.6 Å². The number of anilines is 1. The molecule has 140 valence electrons. The highest BCUT2D eigenvalue weighted by Crippen LogP contribution is 2.35. The lowest BCUT2D eigenvalue weighted by Crippen LogP contribution is -2.34. The topological polar surface area (TPSA) is 82.9 Å². The highest BCUT2D eigenvalue weighted by atomic mass is 16.3. The molecule has 1 aromatic heterocycles. The number of urea groups is 1. The molecule has 1 aliphatic carbocycles. The van der Waals surface area contributed by atoms with E-state index in [4.69, 9.17) is 4.42 Å². The summed E-state index contributed by atoms with van der Waals surface area (Å²) in [6.45, 7) is 4.60. The number of carbonyl (C=O) groups is 3. The van der Waals surface area contributed by atoms with Crippen LogP contribution in [0.25, 0.3) is 0 Å². The van der Waals surface area contributed by atoms with Gasteiger partial charge in [-0.15, -0.1) is 0 Å². The van der Waals surface area contributed by atoms with E-state index in [1.807, 2.05) is 26.0 Å². The molecule has 0 spiro atoms. The smallest absolute Gasteiger partial charge is 0.322 e. The third kappa shape index (κ3) is 3.20. The van der Waals surface area contributed by atoms with Crippen molar-refractivity contribution in [1.29, 1.82) is 0 Å². The number of benzene rings is 1. The number of rotatable bonds is 5. The molecule has 0 atom stereocenters. The van der Waals surface area contributed by atoms with Crippen LogP contribution in [-0.4, -0.2) is 40.2 Å². The molecule has 7 heteroatoms. The second-order valence-corrected chi connectivity index (χ2v) is 6.93. The van der Waals surface area contributed by atoms with Crippen molar-refractivity contribution in [3.8, 4) is 0 Å². The van der Waals surface area contributed by atoms with Gasteiger partial charge in [0, 0.05) is 18.3 Å². The molecule has 1 fully saturated rings. The predicted octanol–water partition coefficient (Wildman–Crippen LogP) is 3.40. The van der Waals surface area contributed by atoms with Crippen molar-refractivity contribution in [3.05, 3.63) is 53.0 Å². The lowest BCUT2D eigenvalue weighted by atomic mass is 10.1. The molecular weight excluding hydrogens is 346 g/mol. The Morgan fingerprint density at radius 3 is 2.56 bits per heavy atom. The van der Waals surface area contributed by atoms with Gasteiger partial charge in [0.2, 0.25) is 0 Å². The van der Waals surface area contributed by atoms with Crippen LogP contribution in [0.1, 0.15) is 52.0 Å². The Balaban J connectivity index is 1.49. The summed E-state index contributed by atoms with van der Waals surface area (Å²) in [7, 11) is 0. The summed E-state index contributed by atoms with van der Waals surface area (Å²) in [6.07, 6.45) is 1.74. The SMILES string of the molecule is CCN(Cc1ccc(C)o1)C(=O)Nc1ccc2c(c1)C(=O)N(C1CC1)C2=O. The third-order valence-corrected chi connectivity index (χ3v) is 4.89. The molecule has 7 nitrogen and oxygen atoms in total. The van der Waals surface area contributed by atoms with E-state index in [1.54, 1.807) is 23.1 Å². The Labute approximate surface area is 156 Å². The van der Waals surface area contributed by atoms with Crippen LogP contribution in [0.2, 0.25) is 0 Å². The maximum atomic E-state index is 12.6. The molecule has 0 unspecified atom stereocenters. The second-order valence-electron chi connectivity index (χ2n) is 6.93. The Morgan fingerprint density at radius 2 is 1.93 bits per heavy atom. The number of aryl methyl sites for hydroxylation is 1. The summed E-state index contributed by atoms with van der Waals surface area (Å²) in [4.78, 5) is 40.5. The number of hydrogen-bond donors (Lipinski definition) is 1. The van der Waals surface area contributed by atoms with Crippen LogP contribution in [-0.2, 0) is 6.54 Å². The number of amides is 4. The largest absolute Gasteiger partial charge is 0.464 e. The number of imide groups is 1. The van der Waals surface area contributed by atoms with Gasteiger partial charge in [-0.25, -0.2) is 4.79 Å². The number of hydrogen-bond acceptors (Lipinski definition) is 4. The van der Waals surface area contributed by atoms with Crippen LogP contribution in [0.15, 0.2) is 34.7 Å². The predicted molar refractivity (Wildman–Crippen MR) is 98.5 cm³/mol. The van der Waals surface area contributed by atoms with Crippen molar-refractivity contribution in [2.45, 2.75) is 39.3 Å². The second kappa shape index (κ2) is 6.57. The van der Waals surface area contributed by atoms with E-state index in [2.05, 4.69) is 5.32 Å². The monoisotopic (exact) mass is 367 g/mol. The Kier molecular flexibility index (Phi) is 4.22.